The van der Waals surface area contributed by atoms with Crippen LogP contribution in [0.3, 0.4) is 0 Å². The van der Waals surface area contributed by atoms with E-state index in [0.717, 1.165) is 0 Å². The van der Waals surface area contributed by atoms with Crippen molar-refractivity contribution in [2.24, 2.45) is 5.92 Å². The Labute approximate surface area is 145 Å². The minimum atomic E-state index is -1.17. The first-order chi connectivity index (χ1) is 11.8. The molecule has 0 aliphatic carbocycles. The second-order valence-corrected chi connectivity index (χ2v) is 6.07. The van der Waals surface area contributed by atoms with Crippen molar-refractivity contribution in [1.82, 2.24) is 10.3 Å². The number of aromatic hydroxyl groups is 1. The molecule has 1 aliphatic heterocycles. The van der Waals surface area contributed by atoms with Gasteiger partial charge in [-0.05, 0) is 38.3 Å². The van der Waals surface area contributed by atoms with Crippen LogP contribution in [0.4, 0.5) is 0 Å². The molecule has 0 radical (unpaired) electrons. The summed E-state index contributed by atoms with van der Waals surface area (Å²) >= 11 is 0. The summed E-state index contributed by atoms with van der Waals surface area (Å²) in [4.78, 5) is 40.4. The number of nitrogens with one attached hydrogen (secondary N) is 1. The maximum absolute atomic E-state index is 12.3. The van der Waals surface area contributed by atoms with Crippen LogP contribution in [0.5, 0.6) is 5.75 Å². The average molecular weight is 350 g/mol. The number of ether oxygens (including phenoxy) is 2. The van der Waals surface area contributed by atoms with E-state index in [2.05, 4.69) is 10.3 Å². The first-order valence-electron chi connectivity index (χ1n) is 8.16. The molecule has 1 amide bonds. The molecule has 0 spiro atoms. The van der Waals surface area contributed by atoms with E-state index in [-0.39, 0.29) is 24.0 Å². The van der Waals surface area contributed by atoms with Gasteiger partial charge in [-0.15, -0.1) is 0 Å². The zero-order chi connectivity index (χ0) is 18.6. The summed E-state index contributed by atoms with van der Waals surface area (Å²) in [7, 11) is 0. The number of hydrogen-bond donors (Lipinski definition) is 2. The fraction of sp³-hybridized carbons (Fsp3) is 0.529. The number of hydrogen-bond acceptors (Lipinski definition) is 7. The number of aromatic nitrogens is 1. The molecule has 2 N–H and O–H groups in total. The molecule has 1 aromatic heterocycles. The predicted molar refractivity (Wildman–Crippen MR) is 86.8 cm³/mol. The SMILES string of the molecule is CC[C@@H]1C[C@H](C)OC(=O)[C@@H](NC(=O)c2nccc(C)c2O)COC1=O. The van der Waals surface area contributed by atoms with Crippen molar-refractivity contribution in [2.45, 2.75) is 45.8 Å². The molecule has 3 atom stereocenters. The van der Waals surface area contributed by atoms with Gasteiger partial charge in [-0.25, -0.2) is 9.78 Å². The Morgan fingerprint density at radius 2 is 2.12 bits per heavy atom. The van der Waals surface area contributed by atoms with Crippen LogP contribution in [-0.2, 0) is 19.1 Å². The van der Waals surface area contributed by atoms with Gasteiger partial charge in [0, 0.05) is 6.20 Å². The van der Waals surface area contributed by atoms with Crippen LogP contribution in [0.2, 0.25) is 0 Å². The maximum Gasteiger partial charge on any atom is 0.332 e. The minimum absolute atomic E-state index is 0.210. The van der Waals surface area contributed by atoms with Crippen LogP contribution in [0, 0.1) is 12.8 Å². The number of carbonyl (C=O) groups excluding carboxylic acids is 3. The fourth-order valence-electron chi connectivity index (χ4n) is 2.55. The molecule has 0 saturated carbocycles. The van der Waals surface area contributed by atoms with Crippen molar-refractivity contribution >= 4 is 17.8 Å². The zero-order valence-corrected chi connectivity index (χ0v) is 14.4. The number of nitrogens with zero attached hydrogens (tertiary/aromatic N) is 1. The quantitative estimate of drug-likeness (QED) is 0.784. The summed E-state index contributed by atoms with van der Waals surface area (Å²) in [5.74, 6) is -2.51. The van der Waals surface area contributed by atoms with Crippen LogP contribution < -0.4 is 5.32 Å². The second-order valence-electron chi connectivity index (χ2n) is 6.07. The van der Waals surface area contributed by atoms with Crippen LogP contribution in [0.15, 0.2) is 12.3 Å². The van der Waals surface area contributed by atoms with Gasteiger partial charge in [-0.3, -0.25) is 9.59 Å². The molecule has 1 fully saturated rings. The molecule has 8 nitrogen and oxygen atoms in total. The number of aryl methyl sites for hydroxylation is 1. The molecule has 8 heteroatoms. The number of esters is 2. The molecule has 136 valence electrons. The van der Waals surface area contributed by atoms with Gasteiger partial charge in [-0.1, -0.05) is 6.92 Å². The van der Waals surface area contributed by atoms with E-state index in [1.807, 2.05) is 6.92 Å². The van der Waals surface area contributed by atoms with Gasteiger partial charge < -0.3 is 19.9 Å². The third-order valence-corrected chi connectivity index (χ3v) is 4.08. The number of carbonyl (C=O) groups is 3. The average Bonchev–Trinajstić information content (AvgIpc) is 2.61. The van der Waals surface area contributed by atoms with Gasteiger partial charge in [0.1, 0.15) is 12.4 Å². The molecule has 1 saturated heterocycles. The second kappa shape index (κ2) is 7.96. The van der Waals surface area contributed by atoms with Gasteiger partial charge in [0.05, 0.1) is 12.0 Å². The summed E-state index contributed by atoms with van der Waals surface area (Å²) in [6, 6.07) is 0.380. The fourth-order valence-corrected chi connectivity index (χ4v) is 2.55. The molecule has 1 aliphatic rings. The number of amides is 1. The molecule has 2 heterocycles. The van der Waals surface area contributed by atoms with Crippen LogP contribution in [0.25, 0.3) is 0 Å². The van der Waals surface area contributed by atoms with Gasteiger partial charge in [0.15, 0.2) is 11.7 Å². The largest absolute Gasteiger partial charge is 0.505 e. The van der Waals surface area contributed by atoms with E-state index >= 15 is 0 Å². The number of rotatable bonds is 3. The normalized spacial score (nSPS) is 24.4. The van der Waals surface area contributed by atoms with Crippen LogP contribution in [-0.4, -0.2) is 46.7 Å². The van der Waals surface area contributed by atoms with Crippen molar-refractivity contribution in [3.05, 3.63) is 23.5 Å². The molecular weight excluding hydrogens is 328 g/mol. The van der Waals surface area contributed by atoms with Crippen LogP contribution in [0.1, 0.15) is 42.7 Å². The summed E-state index contributed by atoms with van der Waals surface area (Å²) in [6.07, 6.45) is 1.83. The summed E-state index contributed by atoms with van der Waals surface area (Å²) in [6.45, 7) is 4.82. The van der Waals surface area contributed by atoms with Gasteiger partial charge >= 0.3 is 11.9 Å². The molecule has 2 rings (SSSR count). The highest BCUT2D eigenvalue weighted by atomic mass is 16.6. The minimum Gasteiger partial charge on any atom is -0.505 e. The first-order valence-corrected chi connectivity index (χ1v) is 8.16. The number of pyridine rings is 1. The molecular formula is C17H22N2O6. The van der Waals surface area contributed by atoms with Crippen molar-refractivity contribution < 1.29 is 29.0 Å². The highest BCUT2D eigenvalue weighted by molar-refractivity contribution is 5.97. The predicted octanol–water partition coefficient (Wildman–Crippen LogP) is 1.10. The van der Waals surface area contributed by atoms with Crippen molar-refractivity contribution in [3.8, 4) is 5.75 Å². The van der Waals surface area contributed by atoms with E-state index < -0.39 is 30.0 Å². The lowest BCUT2D eigenvalue weighted by Crippen LogP contribution is -2.46. The Kier molecular flexibility index (Phi) is 5.95. The van der Waals surface area contributed by atoms with Gasteiger partial charge in [0.25, 0.3) is 5.91 Å². The topological polar surface area (TPSA) is 115 Å². The monoisotopic (exact) mass is 350 g/mol. The lowest BCUT2D eigenvalue weighted by Gasteiger charge is -2.18. The third-order valence-electron chi connectivity index (χ3n) is 4.08. The highest BCUT2D eigenvalue weighted by Gasteiger charge is 2.32. The number of cyclic esters (lactones) is 2. The molecule has 0 aromatic carbocycles. The van der Waals surface area contributed by atoms with E-state index in [1.165, 1.54) is 6.20 Å². The van der Waals surface area contributed by atoms with Crippen molar-refractivity contribution in [3.63, 3.8) is 0 Å². The summed E-state index contributed by atoms with van der Waals surface area (Å²) in [5.41, 5.74) is 0.265. The Morgan fingerprint density at radius 1 is 1.40 bits per heavy atom. The molecule has 0 bridgehead atoms. The lowest BCUT2D eigenvalue weighted by molar-refractivity contribution is -0.152. The smallest absolute Gasteiger partial charge is 0.332 e. The van der Waals surface area contributed by atoms with Crippen molar-refractivity contribution in [1.29, 1.82) is 0 Å². The third kappa shape index (κ3) is 4.46. The van der Waals surface area contributed by atoms with Gasteiger partial charge in [0.2, 0.25) is 0 Å². The van der Waals surface area contributed by atoms with E-state index in [0.29, 0.717) is 18.4 Å². The Bertz CT molecular complexity index is 675. The highest BCUT2D eigenvalue weighted by Crippen LogP contribution is 2.20. The first kappa shape index (κ1) is 18.7. The maximum atomic E-state index is 12.3. The standard InChI is InChI=1S/C17H22N2O6/c1-4-11-7-10(3)25-17(23)12(8-24-16(11)22)19-15(21)13-14(20)9(2)5-6-18-13/h5-6,10-12,20H,4,7-8H2,1-3H3,(H,19,21)/t10-,11+,12-/m0/s1. The molecule has 0 unspecified atom stereocenters. The zero-order valence-electron chi connectivity index (χ0n) is 14.4. The van der Waals surface area contributed by atoms with E-state index in [1.54, 1.807) is 19.9 Å². The van der Waals surface area contributed by atoms with E-state index in [4.69, 9.17) is 9.47 Å². The Morgan fingerprint density at radius 3 is 2.80 bits per heavy atom. The summed E-state index contributed by atoms with van der Waals surface area (Å²) in [5, 5.41) is 12.3. The lowest BCUT2D eigenvalue weighted by atomic mass is 10.00. The van der Waals surface area contributed by atoms with E-state index in [9.17, 15) is 19.5 Å². The Balaban J connectivity index is 2.16. The van der Waals surface area contributed by atoms with Crippen molar-refractivity contribution in [2.75, 3.05) is 6.61 Å². The van der Waals surface area contributed by atoms with Gasteiger partial charge in [-0.2, -0.15) is 0 Å². The molecule has 25 heavy (non-hydrogen) atoms. The Hall–Kier alpha value is -2.64. The molecule has 1 aromatic rings. The van der Waals surface area contributed by atoms with Crippen LogP contribution >= 0.6 is 0 Å². The summed E-state index contributed by atoms with van der Waals surface area (Å²) < 4.78 is 10.4.